The van der Waals surface area contributed by atoms with E-state index in [1.165, 1.54) is 44.9 Å². The molecule has 0 bridgehead atoms. The summed E-state index contributed by atoms with van der Waals surface area (Å²) in [6, 6.07) is 0. The topological polar surface area (TPSA) is 20.2 Å². The molecule has 0 aliphatic rings. The third kappa shape index (κ3) is 20.1. The van der Waals surface area contributed by atoms with Gasteiger partial charge in [-0.3, -0.25) is 0 Å². The Morgan fingerprint density at radius 1 is 0.692 bits per heavy atom. The van der Waals surface area contributed by atoms with E-state index in [4.69, 9.17) is 5.11 Å². The Balaban J connectivity index is -0.000000500. The van der Waals surface area contributed by atoms with E-state index < -0.39 is 0 Å². The van der Waals surface area contributed by atoms with Crippen LogP contribution in [-0.4, -0.2) is 70.8 Å². The zero-order chi connectivity index (χ0) is 8.36. The molecule has 0 saturated carbocycles. The van der Waals surface area contributed by atoms with Crippen molar-refractivity contribution < 1.29 is 5.11 Å². The van der Waals surface area contributed by atoms with Gasteiger partial charge in [-0.05, 0) is 6.42 Å². The second-order valence-electron chi connectivity index (χ2n) is 3.20. The molecule has 0 unspecified atom stereocenters. The van der Waals surface area contributed by atoms with Crippen LogP contribution in [0.1, 0.15) is 58.3 Å². The molecule has 0 heterocycles. The molecule has 1 nitrogen and oxygen atoms in total. The number of unbranched alkanes of at least 4 members (excludes halogenated alkanes) is 7. The summed E-state index contributed by atoms with van der Waals surface area (Å²) in [5.74, 6) is 0. The van der Waals surface area contributed by atoms with Crippen molar-refractivity contribution in [1.82, 2.24) is 0 Å². The molecule has 1 N–H and O–H groups in total. The Morgan fingerprint density at radius 2 is 1.08 bits per heavy atom. The van der Waals surface area contributed by atoms with Crippen LogP contribution in [0.5, 0.6) is 0 Å². The largest absolute Gasteiger partial charge is 0.396 e. The summed E-state index contributed by atoms with van der Waals surface area (Å²) >= 11 is 0. The van der Waals surface area contributed by atoms with Crippen LogP contribution in [0.15, 0.2) is 0 Å². The summed E-state index contributed by atoms with van der Waals surface area (Å²) < 4.78 is 0. The molecule has 0 aliphatic heterocycles. The summed E-state index contributed by atoms with van der Waals surface area (Å²) in [7, 11) is 0. The minimum absolute atomic E-state index is 0. The molecular weight excluding hydrogens is 182 g/mol. The van der Waals surface area contributed by atoms with Crippen LogP contribution in [0.4, 0.5) is 0 Å². The third-order valence-corrected chi connectivity index (χ3v) is 2.01. The maximum Gasteiger partial charge on any atom is 0.0431 e. The van der Waals surface area contributed by atoms with Crippen molar-refractivity contribution in [2.45, 2.75) is 58.3 Å². The van der Waals surface area contributed by atoms with Crippen molar-refractivity contribution in [3.8, 4) is 0 Å². The molecule has 0 saturated heterocycles. The van der Waals surface area contributed by atoms with E-state index in [9.17, 15) is 0 Å². The third-order valence-electron chi connectivity index (χ3n) is 2.01. The average molecular weight is 204 g/mol. The van der Waals surface area contributed by atoms with Gasteiger partial charge in [0, 0.05) is 65.7 Å². The standard InChI is InChI=1S/C10H22O.2Na/c1-2-3-4-5-6-7-8-9-10-11;;/h11H,2-10H2,1H3;;. The minimum atomic E-state index is 0. The van der Waals surface area contributed by atoms with Gasteiger partial charge in [-0.1, -0.05) is 51.9 Å². The van der Waals surface area contributed by atoms with E-state index in [0.717, 1.165) is 6.42 Å². The Morgan fingerprint density at radius 3 is 1.46 bits per heavy atom. The fourth-order valence-corrected chi connectivity index (χ4v) is 1.25. The van der Waals surface area contributed by atoms with Gasteiger partial charge in [0.1, 0.15) is 0 Å². The average Bonchev–Trinajstić information content (AvgIpc) is 2.03. The monoisotopic (exact) mass is 204 g/mol. The van der Waals surface area contributed by atoms with Gasteiger partial charge in [-0.2, -0.15) is 0 Å². The van der Waals surface area contributed by atoms with E-state index in [2.05, 4.69) is 6.92 Å². The predicted octanol–water partition coefficient (Wildman–Crippen LogP) is 2.36. The summed E-state index contributed by atoms with van der Waals surface area (Å²) in [5, 5.41) is 8.51. The summed E-state index contributed by atoms with van der Waals surface area (Å²) in [4.78, 5) is 0. The molecule has 70 valence electrons. The van der Waals surface area contributed by atoms with Crippen molar-refractivity contribution in [3.63, 3.8) is 0 Å². The summed E-state index contributed by atoms with van der Waals surface area (Å²) in [6.07, 6.45) is 10.4. The quantitative estimate of drug-likeness (QED) is 0.475. The molecular formula is C10H22Na2O. The van der Waals surface area contributed by atoms with Crippen LogP contribution in [0, 0.1) is 0 Å². The minimum Gasteiger partial charge on any atom is -0.396 e. The maximum absolute atomic E-state index is 8.51. The van der Waals surface area contributed by atoms with Crippen molar-refractivity contribution >= 4 is 59.1 Å². The first kappa shape index (κ1) is 20.4. The molecule has 0 fully saturated rings. The molecule has 0 aromatic rings. The molecule has 3 heteroatoms. The fraction of sp³-hybridized carbons (Fsp3) is 1.00. The molecule has 2 radical (unpaired) electrons. The molecule has 0 spiro atoms. The van der Waals surface area contributed by atoms with Crippen LogP contribution in [0.25, 0.3) is 0 Å². The zero-order valence-electron chi connectivity index (χ0n) is 9.81. The van der Waals surface area contributed by atoms with E-state index in [0.29, 0.717) is 6.61 Å². The van der Waals surface area contributed by atoms with Gasteiger partial charge >= 0.3 is 0 Å². The van der Waals surface area contributed by atoms with Gasteiger partial charge in [-0.25, -0.2) is 0 Å². The van der Waals surface area contributed by atoms with Crippen molar-refractivity contribution in [1.29, 1.82) is 0 Å². The molecule has 0 aliphatic carbocycles. The smallest absolute Gasteiger partial charge is 0.0431 e. The molecule has 0 rings (SSSR count). The molecule has 13 heavy (non-hydrogen) atoms. The fourth-order valence-electron chi connectivity index (χ4n) is 1.25. The Labute approximate surface area is 128 Å². The zero-order valence-corrected chi connectivity index (χ0v) is 13.8. The van der Waals surface area contributed by atoms with Crippen molar-refractivity contribution in [2.75, 3.05) is 6.61 Å². The number of hydrogen-bond acceptors (Lipinski definition) is 1. The van der Waals surface area contributed by atoms with Gasteiger partial charge in [-0.15, -0.1) is 0 Å². The van der Waals surface area contributed by atoms with Crippen molar-refractivity contribution in [2.24, 2.45) is 0 Å². The van der Waals surface area contributed by atoms with Crippen LogP contribution in [0.2, 0.25) is 0 Å². The SMILES string of the molecule is CCCCCCCCCCO.[Na].[Na]. The van der Waals surface area contributed by atoms with Crippen LogP contribution >= 0.6 is 0 Å². The molecule has 0 amide bonds. The first-order chi connectivity index (χ1) is 5.41. The molecule has 0 atom stereocenters. The normalized spacial score (nSPS) is 8.77. The Bertz CT molecular complexity index is 61.9. The van der Waals surface area contributed by atoms with Gasteiger partial charge in [0.2, 0.25) is 0 Å². The molecule has 0 aromatic heterocycles. The first-order valence-electron chi connectivity index (χ1n) is 5.02. The second-order valence-corrected chi connectivity index (χ2v) is 3.20. The number of rotatable bonds is 8. The van der Waals surface area contributed by atoms with Gasteiger partial charge < -0.3 is 5.11 Å². The van der Waals surface area contributed by atoms with Gasteiger partial charge in [0.05, 0.1) is 0 Å². The van der Waals surface area contributed by atoms with Crippen molar-refractivity contribution in [3.05, 3.63) is 0 Å². The summed E-state index contributed by atoms with van der Waals surface area (Å²) in [6.45, 7) is 2.61. The molecule has 0 aromatic carbocycles. The van der Waals surface area contributed by atoms with E-state index in [1.807, 2.05) is 0 Å². The number of hydrogen-bond donors (Lipinski definition) is 1. The van der Waals surface area contributed by atoms with E-state index in [1.54, 1.807) is 0 Å². The Kier molecular flexibility index (Phi) is 30.6. The van der Waals surface area contributed by atoms with Gasteiger partial charge in [0.15, 0.2) is 0 Å². The van der Waals surface area contributed by atoms with E-state index >= 15 is 0 Å². The maximum atomic E-state index is 8.51. The second kappa shape index (κ2) is 19.5. The van der Waals surface area contributed by atoms with Crippen LogP contribution in [0.3, 0.4) is 0 Å². The van der Waals surface area contributed by atoms with E-state index in [-0.39, 0.29) is 59.1 Å². The number of aliphatic hydroxyl groups is 1. The predicted molar refractivity (Wildman–Crippen MR) is 61.2 cm³/mol. The number of aliphatic hydroxyl groups excluding tert-OH is 1. The van der Waals surface area contributed by atoms with Crippen LogP contribution in [-0.2, 0) is 0 Å². The van der Waals surface area contributed by atoms with Gasteiger partial charge in [0.25, 0.3) is 0 Å². The summed E-state index contributed by atoms with van der Waals surface area (Å²) in [5.41, 5.74) is 0. The first-order valence-corrected chi connectivity index (χ1v) is 5.02. The van der Waals surface area contributed by atoms with Crippen LogP contribution < -0.4 is 0 Å². The Hall–Kier alpha value is 1.96.